The summed E-state index contributed by atoms with van der Waals surface area (Å²) in [5.41, 5.74) is -0.554. The Kier molecular flexibility index (Phi) is 11.1. The van der Waals surface area contributed by atoms with E-state index in [0.717, 1.165) is 51.4 Å². The van der Waals surface area contributed by atoms with Crippen molar-refractivity contribution in [1.29, 1.82) is 0 Å². The summed E-state index contributed by atoms with van der Waals surface area (Å²) >= 11 is 0. The standard InChI is InChI=1S/C18H34O3/c1-6-9-13-18(8-3,14-10-7-2)21-17(19)20-15-11-12-16(4)5/h8,16H,3,6-7,9-15H2,1-2,4-5H3. The minimum absolute atomic E-state index is 0.436. The van der Waals surface area contributed by atoms with Crippen molar-refractivity contribution in [2.24, 2.45) is 5.92 Å². The van der Waals surface area contributed by atoms with Gasteiger partial charge in [-0.25, -0.2) is 4.79 Å². The Balaban J connectivity index is 4.35. The fourth-order valence-corrected chi connectivity index (χ4v) is 2.27. The van der Waals surface area contributed by atoms with Gasteiger partial charge in [0.25, 0.3) is 0 Å². The maximum Gasteiger partial charge on any atom is 0.509 e. The molecule has 0 aromatic carbocycles. The minimum Gasteiger partial charge on any atom is -0.434 e. The third-order valence-corrected chi connectivity index (χ3v) is 3.71. The molecule has 0 atom stereocenters. The lowest BCUT2D eigenvalue weighted by atomic mass is 9.91. The summed E-state index contributed by atoms with van der Waals surface area (Å²) in [6, 6.07) is 0. The first-order valence-corrected chi connectivity index (χ1v) is 8.49. The summed E-state index contributed by atoms with van der Waals surface area (Å²) < 4.78 is 10.8. The molecule has 0 aliphatic rings. The predicted octanol–water partition coefficient (Wildman–Crippen LogP) is 5.88. The molecule has 0 aromatic heterocycles. The number of ether oxygens (including phenoxy) is 2. The summed E-state index contributed by atoms with van der Waals surface area (Å²) in [4.78, 5) is 11.9. The minimum atomic E-state index is -0.554. The molecule has 0 heterocycles. The van der Waals surface area contributed by atoms with Gasteiger partial charge in [0.2, 0.25) is 0 Å². The Labute approximate surface area is 131 Å². The van der Waals surface area contributed by atoms with E-state index in [2.05, 4.69) is 34.3 Å². The molecule has 0 radical (unpaired) electrons. The van der Waals surface area contributed by atoms with Crippen molar-refractivity contribution in [2.45, 2.75) is 84.7 Å². The monoisotopic (exact) mass is 298 g/mol. The van der Waals surface area contributed by atoms with Crippen LogP contribution in [0.15, 0.2) is 12.7 Å². The van der Waals surface area contributed by atoms with Crippen molar-refractivity contribution in [3.8, 4) is 0 Å². The maximum atomic E-state index is 11.9. The SMILES string of the molecule is C=CC(CCCC)(CCCC)OC(=O)OCCCC(C)C. The molecule has 0 amide bonds. The fraction of sp³-hybridized carbons (Fsp3) is 0.833. The second kappa shape index (κ2) is 11.6. The van der Waals surface area contributed by atoms with Crippen LogP contribution in [-0.4, -0.2) is 18.4 Å². The highest BCUT2D eigenvalue weighted by atomic mass is 16.7. The number of rotatable bonds is 12. The molecule has 0 aliphatic carbocycles. The van der Waals surface area contributed by atoms with E-state index in [1.807, 2.05) is 0 Å². The van der Waals surface area contributed by atoms with Crippen molar-refractivity contribution in [2.75, 3.05) is 6.61 Å². The van der Waals surface area contributed by atoms with Gasteiger partial charge in [0.05, 0.1) is 6.61 Å². The molecule has 0 unspecified atom stereocenters. The van der Waals surface area contributed by atoms with Crippen LogP contribution in [0.1, 0.15) is 79.1 Å². The van der Waals surface area contributed by atoms with Crippen molar-refractivity contribution in [1.82, 2.24) is 0 Å². The average Bonchev–Trinajstić information content (AvgIpc) is 2.46. The van der Waals surface area contributed by atoms with Gasteiger partial charge in [-0.3, -0.25) is 0 Å². The van der Waals surface area contributed by atoms with Crippen LogP contribution in [0.4, 0.5) is 4.79 Å². The molecular formula is C18H34O3. The third-order valence-electron chi connectivity index (χ3n) is 3.71. The Hall–Kier alpha value is -0.990. The van der Waals surface area contributed by atoms with Crippen molar-refractivity contribution >= 4 is 6.16 Å². The van der Waals surface area contributed by atoms with E-state index in [4.69, 9.17) is 9.47 Å². The molecule has 0 rings (SSSR count). The zero-order valence-electron chi connectivity index (χ0n) is 14.5. The van der Waals surface area contributed by atoms with E-state index in [9.17, 15) is 4.79 Å². The van der Waals surface area contributed by atoms with Crippen molar-refractivity contribution in [3.05, 3.63) is 12.7 Å². The number of hydrogen-bond donors (Lipinski definition) is 0. The molecule has 0 aromatic rings. The molecule has 21 heavy (non-hydrogen) atoms. The van der Waals surface area contributed by atoms with Crippen molar-refractivity contribution in [3.63, 3.8) is 0 Å². The van der Waals surface area contributed by atoms with E-state index < -0.39 is 11.8 Å². The molecule has 0 saturated heterocycles. The van der Waals surface area contributed by atoms with E-state index in [0.29, 0.717) is 12.5 Å². The molecule has 3 heteroatoms. The van der Waals surface area contributed by atoms with Crippen LogP contribution >= 0.6 is 0 Å². The molecule has 0 saturated carbocycles. The van der Waals surface area contributed by atoms with E-state index in [1.165, 1.54) is 0 Å². The van der Waals surface area contributed by atoms with Crippen LogP contribution in [-0.2, 0) is 9.47 Å². The molecule has 0 aliphatic heterocycles. The van der Waals surface area contributed by atoms with Gasteiger partial charge in [-0.2, -0.15) is 0 Å². The fourth-order valence-electron chi connectivity index (χ4n) is 2.27. The van der Waals surface area contributed by atoms with E-state index in [-0.39, 0.29) is 0 Å². The average molecular weight is 298 g/mol. The van der Waals surface area contributed by atoms with Gasteiger partial charge in [0, 0.05) is 0 Å². The van der Waals surface area contributed by atoms with Gasteiger partial charge in [-0.05, 0) is 50.5 Å². The number of carbonyl (C=O) groups excluding carboxylic acids is 1. The third kappa shape index (κ3) is 9.54. The zero-order valence-corrected chi connectivity index (χ0v) is 14.5. The highest BCUT2D eigenvalue weighted by Crippen LogP contribution is 2.28. The van der Waals surface area contributed by atoms with Crippen LogP contribution in [0.2, 0.25) is 0 Å². The van der Waals surface area contributed by atoms with Crippen LogP contribution in [0, 0.1) is 5.92 Å². The Morgan fingerprint density at radius 3 is 2.14 bits per heavy atom. The lowest BCUT2D eigenvalue weighted by Gasteiger charge is -2.30. The van der Waals surface area contributed by atoms with Crippen LogP contribution < -0.4 is 0 Å². The topological polar surface area (TPSA) is 35.5 Å². The predicted molar refractivity (Wildman–Crippen MR) is 88.5 cm³/mol. The summed E-state index contributed by atoms with van der Waals surface area (Å²) in [5, 5.41) is 0. The van der Waals surface area contributed by atoms with E-state index >= 15 is 0 Å². The van der Waals surface area contributed by atoms with Gasteiger partial charge in [-0.15, -0.1) is 0 Å². The highest BCUT2D eigenvalue weighted by molar-refractivity contribution is 5.60. The summed E-state index contributed by atoms with van der Waals surface area (Å²) in [6.07, 6.45) is 9.04. The van der Waals surface area contributed by atoms with Gasteiger partial charge < -0.3 is 9.47 Å². The first-order valence-electron chi connectivity index (χ1n) is 8.49. The van der Waals surface area contributed by atoms with Gasteiger partial charge >= 0.3 is 6.16 Å². The Morgan fingerprint density at radius 1 is 1.14 bits per heavy atom. The molecular weight excluding hydrogens is 264 g/mol. The number of carbonyl (C=O) groups is 1. The lowest BCUT2D eigenvalue weighted by molar-refractivity contribution is -0.0210. The van der Waals surface area contributed by atoms with Crippen LogP contribution in [0.25, 0.3) is 0 Å². The maximum absolute atomic E-state index is 11.9. The molecule has 0 N–H and O–H groups in total. The largest absolute Gasteiger partial charge is 0.509 e. The smallest absolute Gasteiger partial charge is 0.434 e. The summed E-state index contributed by atoms with van der Waals surface area (Å²) in [6.45, 7) is 12.9. The lowest BCUT2D eigenvalue weighted by Crippen LogP contribution is -2.33. The highest BCUT2D eigenvalue weighted by Gasteiger charge is 2.30. The van der Waals surface area contributed by atoms with Gasteiger partial charge in [0.15, 0.2) is 0 Å². The number of hydrogen-bond acceptors (Lipinski definition) is 3. The second-order valence-corrected chi connectivity index (χ2v) is 6.21. The Morgan fingerprint density at radius 2 is 1.71 bits per heavy atom. The van der Waals surface area contributed by atoms with Crippen LogP contribution in [0.5, 0.6) is 0 Å². The first-order chi connectivity index (χ1) is 9.99. The molecule has 0 bridgehead atoms. The molecule has 3 nitrogen and oxygen atoms in total. The van der Waals surface area contributed by atoms with Gasteiger partial charge in [0.1, 0.15) is 5.60 Å². The van der Waals surface area contributed by atoms with E-state index in [1.54, 1.807) is 6.08 Å². The molecule has 0 fully saturated rings. The second-order valence-electron chi connectivity index (χ2n) is 6.21. The van der Waals surface area contributed by atoms with Crippen LogP contribution in [0.3, 0.4) is 0 Å². The zero-order chi connectivity index (χ0) is 16.1. The molecule has 124 valence electrons. The summed E-state index contributed by atoms with van der Waals surface area (Å²) in [7, 11) is 0. The quantitative estimate of drug-likeness (QED) is 0.256. The Bertz CT molecular complexity index is 276. The van der Waals surface area contributed by atoms with Gasteiger partial charge in [-0.1, -0.05) is 47.1 Å². The molecule has 0 spiro atoms. The first kappa shape index (κ1) is 20.0. The normalized spacial score (nSPS) is 11.5. The van der Waals surface area contributed by atoms with Crippen molar-refractivity contribution < 1.29 is 14.3 Å². The summed E-state index contributed by atoms with van der Waals surface area (Å²) in [5.74, 6) is 0.631. The number of unbranched alkanes of at least 4 members (excludes halogenated alkanes) is 2.